The Labute approximate surface area is 105 Å². The number of hydrogen-bond acceptors (Lipinski definition) is 2. The van der Waals surface area contributed by atoms with Gasteiger partial charge < -0.3 is 9.53 Å². The first kappa shape index (κ1) is 13.1. The summed E-state index contributed by atoms with van der Waals surface area (Å²) in [4.78, 5) is 11.2. The number of carboxylic acids is 1. The second kappa shape index (κ2) is 3.82. The van der Waals surface area contributed by atoms with E-state index in [9.17, 15) is 9.90 Å². The minimum Gasteiger partial charge on any atom is -0.481 e. The van der Waals surface area contributed by atoms with E-state index in [-0.39, 0.29) is 17.1 Å². The van der Waals surface area contributed by atoms with E-state index in [1.54, 1.807) is 0 Å². The van der Waals surface area contributed by atoms with E-state index in [2.05, 4.69) is 33.9 Å². The van der Waals surface area contributed by atoms with Gasteiger partial charge in [-0.25, -0.2) is 0 Å². The van der Waals surface area contributed by atoms with Crippen LogP contribution in [0.5, 0.6) is 0 Å². The second-order valence-corrected chi connectivity index (χ2v) is 11.9. The summed E-state index contributed by atoms with van der Waals surface area (Å²) >= 11 is 0. The van der Waals surface area contributed by atoms with Crippen molar-refractivity contribution in [1.82, 2.24) is 0 Å². The lowest BCUT2D eigenvalue weighted by Gasteiger charge is -2.40. The normalized spacial score (nSPS) is 36.8. The monoisotopic (exact) mass is 256 g/mol. The molecule has 1 unspecified atom stereocenters. The lowest BCUT2D eigenvalue weighted by molar-refractivity contribution is -0.144. The molecule has 0 aromatic carbocycles. The van der Waals surface area contributed by atoms with Gasteiger partial charge >= 0.3 is 5.97 Å². The maximum atomic E-state index is 11.2. The van der Waals surface area contributed by atoms with Crippen molar-refractivity contribution < 1.29 is 14.3 Å². The van der Waals surface area contributed by atoms with E-state index >= 15 is 0 Å². The zero-order valence-corrected chi connectivity index (χ0v) is 12.5. The van der Waals surface area contributed by atoms with Crippen LogP contribution in [0.25, 0.3) is 0 Å². The third-order valence-electron chi connectivity index (χ3n) is 4.91. The summed E-state index contributed by atoms with van der Waals surface area (Å²) in [6.45, 7) is 11.0. The van der Waals surface area contributed by atoms with E-state index in [4.69, 9.17) is 4.43 Å². The van der Waals surface area contributed by atoms with Crippen LogP contribution in [0.3, 0.4) is 0 Å². The summed E-state index contributed by atoms with van der Waals surface area (Å²) in [7, 11) is -1.84. The van der Waals surface area contributed by atoms with Crippen LogP contribution in [0, 0.1) is 17.8 Å². The van der Waals surface area contributed by atoms with Gasteiger partial charge in [0.1, 0.15) is 0 Å². The zero-order chi connectivity index (χ0) is 13.0. The van der Waals surface area contributed by atoms with Crippen LogP contribution in [0.1, 0.15) is 33.6 Å². The van der Waals surface area contributed by atoms with Crippen LogP contribution >= 0.6 is 0 Å². The number of carbonyl (C=O) groups is 1. The molecule has 0 aromatic rings. The van der Waals surface area contributed by atoms with E-state index in [0.717, 1.165) is 6.42 Å². The van der Waals surface area contributed by atoms with Gasteiger partial charge in [0.2, 0.25) is 0 Å². The summed E-state index contributed by atoms with van der Waals surface area (Å²) in [5.41, 5.74) is 0. The minimum absolute atomic E-state index is 0.0154. The maximum absolute atomic E-state index is 11.2. The van der Waals surface area contributed by atoms with Gasteiger partial charge in [-0.15, -0.1) is 0 Å². The molecule has 3 nitrogen and oxygen atoms in total. The highest BCUT2D eigenvalue weighted by atomic mass is 28.4. The molecule has 2 aliphatic carbocycles. The molecule has 0 saturated heterocycles. The average molecular weight is 256 g/mol. The number of hydrogen-bond donors (Lipinski definition) is 1. The molecular formula is C13H24O3Si. The fraction of sp³-hybridized carbons (Fsp3) is 0.923. The summed E-state index contributed by atoms with van der Waals surface area (Å²) in [5.74, 6) is 0.241. The Kier molecular flexibility index (Phi) is 2.94. The smallest absolute Gasteiger partial charge is 0.309 e. The highest BCUT2D eigenvalue weighted by Crippen LogP contribution is 2.57. The molecule has 0 aliphatic heterocycles. The quantitative estimate of drug-likeness (QED) is 0.789. The third-order valence-corrected chi connectivity index (χ3v) is 9.38. The summed E-state index contributed by atoms with van der Waals surface area (Å²) in [5, 5.41) is 9.41. The van der Waals surface area contributed by atoms with Crippen molar-refractivity contribution in [2.45, 2.75) is 57.8 Å². The topological polar surface area (TPSA) is 46.5 Å². The van der Waals surface area contributed by atoms with E-state index in [0.29, 0.717) is 11.8 Å². The van der Waals surface area contributed by atoms with Crippen molar-refractivity contribution in [2.24, 2.45) is 17.8 Å². The van der Waals surface area contributed by atoms with Crippen molar-refractivity contribution in [3.05, 3.63) is 0 Å². The standard InChI is InChI=1S/C13H24O3Si/c1-13(2,3)17(4,5)16-11-9-6-8(9)7-10(11)12(14)15/h8-11H,6-7H2,1-5H3,(H,14,15)/t8-,9-,10-,11?/m0/s1. The fourth-order valence-corrected chi connectivity index (χ4v) is 4.00. The van der Waals surface area contributed by atoms with Crippen LogP contribution in [-0.4, -0.2) is 25.5 Å². The Morgan fingerprint density at radius 2 is 1.88 bits per heavy atom. The fourth-order valence-electron chi connectivity index (χ4n) is 2.63. The molecule has 4 heteroatoms. The Bertz CT molecular complexity index is 332. The number of rotatable bonds is 3. The highest BCUT2D eigenvalue weighted by molar-refractivity contribution is 6.74. The first-order valence-corrected chi connectivity index (χ1v) is 9.45. The molecular weight excluding hydrogens is 232 g/mol. The van der Waals surface area contributed by atoms with Crippen molar-refractivity contribution in [3.8, 4) is 0 Å². The van der Waals surface area contributed by atoms with Crippen LogP contribution < -0.4 is 0 Å². The SMILES string of the molecule is CC(C)(C)[Si](C)(C)OC1[C@@H](C(=O)O)C[C@@H]2C[C@H]12. The molecule has 2 saturated carbocycles. The first-order chi connectivity index (χ1) is 7.63. The largest absolute Gasteiger partial charge is 0.481 e. The maximum Gasteiger partial charge on any atom is 0.309 e. The zero-order valence-electron chi connectivity index (χ0n) is 11.5. The Hall–Kier alpha value is -0.353. The Balaban J connectivity index is 2.09. The van der Waals surface area contributed by atoms with Crippen molar-refractivity contribution in [3.63, 3.8) is 0 Å². The van der Waals surface area contributed by atoms with Gasteiger partial charge in [0.05, 0.1) is 12.0 Å². The molecule has 4 atom stereocenters. The highest BCUT2D eigenvalue weighted by Gasteiger charge is 2.58. The number of aliphatic carboxylic acids is 1. The summed E-state index contributed by atoms with van der Waals surface area (Å²) in [6, 6.07) is 0. The minimum atomic E-state index is -1.84. The van der Waals surface area contributed by atoms with Gasteiger partial charge in [0.25, 0.3) is 0 Å². The average Bonchev–Trinajstić information content (AvgIpc) is 2.81. The predicted molar refractivity (Wildman–Crippen MR) is 69.4 cm³/mol. The van der Waals surface area contributed by atoms with Gasteiger partial charge in [0.15, 0.2) is 8.32 Å². The van der Waals surface area contributed by atoms with Crippen LogP contribution in [-0.2, 0) is 9.22 Å². The third kappa shape index (κ3) is 2.29. The molecule has 0 bridgehead atoms. The van der Waals surface area contributed by atoms with Gasteiger partial charge in [0, 0.05) is 0 Å². The van der Waals surface area contributed by atoms with Crippen molar-refractivity contribution in [1.29, 1.82) is 0 Å². The molecule has 0 spiro atoms. The van der Waals surface area contributed by atoms with Crippen LogP contribution in [0.4, 0.5) is 0 Å². The molecule has 0 heterocycles. The summed E-state index contributed by atoms with van der Waals surface area (Å²) in [6.07, 6.45) is 2.00. The molecule has 2 rings (SSSR count). The predicted octanol–water partition coefficient (Wildman–Crippen LogP) is 3.12. The molecule has 2 fully saturated rings. The molecule has 1 N–H and O–H groups in total. The Morgan fingerprint density at radius 1 is 1.29 bits per heavy atom. The molecule has 98 valence electrons. The van der Waals surface area contributed by atoms with E-state index in [1.165, 1.54) is 6.42 Å². The molecule has 0 aromatic heterocycles. The lowest BCUT2D eigenvalue weighted by Crippen LogP contribution is -2.46. The lowest BCUT2D eigenvalue weighted by atomic mass is 10.0. The van der Waals surface area contributed by atoms with E-state index < -0.39 is 14.3 Å². The number of carboxylic acid groups (broad SMARTS) is 1. The summed E-state index contributed by atoms with van der Waals surface area (Å²) < 4.78 is 6.35. The second-order valence-electron chi connectivity index (χ2n) is 7.18. The first-order valence-electron chi connectivity index (χ1n) is 6.54. The van der Waals surface area contributed by atoms with E-state index in [1.807, 2.05) is 0 Å². The molecule has 17 heavy (non-hydrogen) atoms. The molecule has 0 radical (unpaired) electrons. The van der Waals surface area contributed by atoms with Crippen molar-refractivity contribution >= 4 is 14.3 Å². The van der Waals surface area contributed by atoms with Gasteiger partial charge in [-0.1, -0.05) is 20.8 Å². The van der Waals surface area contributed by atoms with Gasteiger partial charge in [-0.05, 0) is 42.8 Å². The Morgan fingerprint density at radius 3 is 2.35 bits per heavy atom. The van der Waals surface area contributed by atoms with Gasteiger partial charge in [-0.2, -0.15) is 0 Å². The van der Waals surface area contributed by atoms with Crippen LogP contribution in [0.2, 0.25) is 18.1 Å². The molecule has 0 amide bonds. The van der Waals surface area contributed by atoms with Gasteiger partial charge in [-0.3, -0.25) is 4.79 Å². The molecule has 2 aliphatic rings. The van der Waals surface area contributed by atoms with Crippen molar-refractivity contribution in [2.75, 3.05) is 0 Å². The number of fused-ring (bicyclic) bond motifs is 1. The van der Waals surface area contributed by atoms with Crippen LogP contribution in [0.15, 0.2) is 0 Å².